The zero-order valence-corrected chi connectivity index (χ0v) is 74.8. The monoisotopic (exact) mass is 1650 g/mol. The van der Waals surface area contributed by atoms with E-state index >= 15 is 0 Å². The van der Waals surface area contributed by atoms with Gasteiger partial charge in [-0.3, -0.25) is 14.4 Å². The third-order valence-electron chi connectivity index (χ3n) is 26.0. The topological polar surface area (TPSA) is 393 Å². The Morgan fingerprint density at radius 1 is 0.548 bits per heavy atom. The summed E-state index contributed by atoms with van der Waals surface area (Å²) in [4.78, 5) is 60.1. The van der Waals surface area contributed by atoms with Gasteiger partial charge in [0.2, 0.25) is 0 Å². The Bertz CT molecular complexity index is 2990. The predicted molar refractivity (Wildman–Crippen MR) is 429 cm³/mol. The lowest BCUT2D eigenvalue weighted by Crippen LogP contribution is -2.61. The Hall–Kier alpha value is -3.30. The van der Waals surface area contributed by atoms with Gasteiger partial charge >= 0.3 is 23.9 Å². The fourth-order valence-corrected chi connectivity index (χ4v) is 18.6. The summed E-state index contributed by atoms with van der Waals surface area (Å²) in [6.45, 7) is 45.8. The fourth-order valence-electron chi connectivity index (χ4n) is 18.6. The van der Waals surface area contributed by atoms with Crippen LogP contribution < -0.4 is 10.6 Å². The number of rotatable bonds is 22. The van der Waals surface area contributed by atoms with Crippen LogP contribution in [-0.2, 0) is 85.5 Å². The van der Waals surface area contributed by atoms with Gasteiger partial charge in [-0.1, -0.05) is 62.0 Å². The van der Waals surface area contributed by atoms with Crippen molar-refractivity contribution < 1.29 is 126 Å². The number of nitrogens with zero attached hydrogens (tertiary/aromatic N) is 3. The number of esters is 4. The molecule has 6 saturated heterocycles. The van der Waals surface area contributed by atoms with E-state index in [2.05, 4.69) is 22.1 Å². The summed E-state index contributed by atoms with van der Waals surface area (Å²) in [6.07, 6.45) is -15.7. The molecule has 0 aromatic carbocycles. The molecule has 0 aliphatic carbocycles. The van der Waals surface area contributed by atoms with Gasteiger partial charge in [-0.2, -0.15) is 0 Å². The number of methoxy groups -OCH3 is 2. The molecule has 6 rings (SSSR count). The lowest BCUT2D eigenvalue weighted by Gasteiger charge is -2.49. The summed E-state index contributed by atoms with van der Waals surface area (Å²) >= 11 is 0. The van der Waals surface area contributed by atoms with Gasteiger partial charge in [-0.05, 0) is 189 Å². The van der Waals surface area contributed by atoms with Crippen LogP contribution in [0.4, 0.5) is 0 Å². The van der Waals surface area contributed by atoms with Crippen molar-refractivity contribution in [1.82, 2.24) is 25.3 Å². The number of aliphatic hydroxyl groups is 8. The van der Waals surface area contributed by atoms with Gasteiger partial charge in [0.25, 0.3) is 0 Å². The molecule has 31 nitrogen and oxygen atoms in total. The SMILES string of the molecule is C=CC(=O)OC1[C@H](C)O[C@@H](O[C@H]2[C@H](C)[C@@H](O[C@@H]3O[C@H](C)C[C@H](NC)[C@H]3O)[C@](C)(O)C[C@@H](C)CN(C)[C@H](C)[C@@H](O)[C@](C)(O)[C@@H](CC)OC(=O)[C@@H]2C)C[C@@]1(C)OC.CC[C@H]1OC(=O)[C@H](C)[C@@H](O[C@H]2C[C@@](C)(OC)C(OC(=O)CCN(CC)CC)[C@H](C)O2)[C@H](C)[C@@H](O[C@@H]2O[C@H](C)C[C@H](NC)[C@H]2O)[C@](C)(O)C[C@@H](C)CN(C)[C@H](C)[C@@H](O)[C@]1(C)O. The molecule has 36 atom stereocenters. The molecule has 0 aromatic heterocycles. The minimum absolute atomic E-state index is 0.0847. The summed E-state index contributed by atoms with van der Waals surface area (Å²) in [5, 5.41) is 101. The molecule has 10 N–H and O–H groups in total. The molecule has 2 unspecified atom stereocenters. The van der Waals surface area contributed by atoms with Crippen LogP contribution in [0.25, 0.3) is 0 Å². The lowest BCUT2D eigenvalue weighted by atomic mass is 9.77. The van der Waals surface area contributed by atoms with E-state index in [-0.39, 0.29) is 87.0 Å². The minimum Gasteiger partial charge on any atom is -0.459 e. The van der Waals surface area contributed by atoms with E-state index in [0.717, 1.165) is 19.2 Å². The van der Waals surface area contributed by atoms with E-state index in [0.29, 0.717) is 32.5 Å². The van der Waals surface area contributed by atoms with Crippen LogP contribution in [0.1, 0.15) is 210 Å². The zero-order valence-electron chi connectivity index (χ0n) is 74.8. The van der Waals surface area contributed by atoms with Crippen LogP contribution in [0.15, 0.2) is 12.7 Å². The maximum absolute atomic E-state index is 14.4. The molecule has 0 bridgehead atoms. The molecule has 6 heterocycles. The first-order valence-corrected chi connectivity index (χ1v) is 42.2. The number of nitrogens with one attached hydrogen (secondary N) is 2. The number of cyclic esters (lactones) is 2. The number of hydrogen-bond donors (Lipinski definition) is 10. The molecule has 31 heteroatoms. The Morgan fingerprint density at radius 3 is 1.23 bits per heavy atom. The van der Waals surface area contributed by atoms with Gasteiger partial charge in [0.05, 0.1) is 78.3 Å². The van der Waals surface area contributed by atoms with Crippen LogP contribution in [-0.4, -0.2) is 335 Å². The van der Waals surface area contributed by atoms with Crippen molar-refractivity contribution in [2.45, 2.75) is 391 Å². The average Bonchev–Trinajstić information content (AvgIpc) is 1.23. The highest BCUT2D eigenvalue weighted by atomic mass is 16.7. The minimum atomic E-state index is -1.82. The molecule has 0 spiro atoms. The lowest BCUT2D eigenvalue weighted by molar-refractivity contribution is -0.317. The molecular weight excluding hydrogens is 1490 g/mol. The molecule has 0 aromatic rings. The second kappa shape index (κ2) is 43.6. The van der Waals surface area contributed by atoms with Crippen molar-refractivity contribution in [3.63, 3.8) is 0 Å². The molecule has 0 amide bonds. The van der Waals surface area contributed by atoms with Crippen LogP contribution in [0.2, 0.25) is 0 Å². The first-order valence-electron chi connectivity index (χ1n) is 42.2. The third-order valence-corrected chi connectivity index (χ3v) is 26.0. The largest absolute Gasteiger partial charge is 0.459 e. The van der Waals surface area contributed by atoms with Crippen LogP contribution in [0.5, 0.6) is 0 Å². The Labute approximate surface area is 686 Å². The van der Waals surface area contributed by atoms with Gasteiger partial charge in [0.1, 0.15) is 59.0 Å². The van der Waals surface area contributed by atoms with Crippen molar-refractivity contribution in [3.8, 4) is 0 Å². The molecule has 0 radical (unpaired) electrons. The first-order chi connectivity index (χ1) is 53.4. The second-order valence-corrected chi connectivity index (χ2v) is 35.9. The average molecular weight is 1650 g/mol. The molecule has 0 saturated carbocycles. The van der Waals surface area contributed by atoms with Crippen LogP contribution in [0.3, 0.4) is 0 Å². The summed E-state index contributed by atoms with van der Waals surface area (Å²) in [7, 11) is 10.2. The standard InChI is InChI=1S/C44H83N3O13.C40H72N2O13/c1-16-32-44(12,53)37(50)29(8)46(14)24-25(4)22-42(10,52)38(60-41-35(49)31(45-13)21-26(5)55-41)27(6)36(28(7)40(51)57-32)59-34-23-43(11,54-15)39(30(9)56-34)58-33(48)19-20-47(17-2)18-3;1-15-28-40(11,48)33(45)25(7)42(13)20-21(3)18-38(9,47)34(55-37-31(44)27(41-12)17-22(4)50-37)23(5)32(24(6)36(46)52-28)54-30-19-39(10,49-14)35(26(8)51-30)53-29(43)16-2/h25-32,34-39,41,45,49-50,52-53H,16-24H2,1-15H3;16,21-28,30-35,37,41,44-45,47-48H,2,15,17-20H2,1,3-14H3/t25-,26-,27+,28-,29-,30+,31+,32-,34+,35-,36+,37-,38-,39?,41+,42-,43-,44-;21-,22-,23+,24-,25-,26+,27+,28-,30+,31-,32+,33-,34-,35?,37+,38-,39-,40-/m11/s1. The highest BCUT2D eigenvalue weighted by molar-refractivity contribution is 5.81. The molecular formula is C84H155N5O26. The van der Waals surface area contributed by atoms with Gasteiger partial charge in [0.15, 0.2) is 37.4 Å². The van der Waals surface area contributed by atoms with Crippen molar-refractivity contribution in [3.05, 3.63) is 12.7 Å². The van der Waals surface area contributed by atoms with Crippen molar-refractivity contribution >= 4 is 23.9 Å². The number of aliphatic hydroxyl groups excluding tert-OH is 4. The van der Waals surface area contributed by atoms with Gasteiger partial charge < -0.3 is 133 Å². The maximum atomic E-state index is 14.4. The summed E-state index contributed by atoms with van der Waals surface area (Å²) in [5.74, 6) is -6.43. The van der Waals surface area contributed by atoms with Gasteiger partial charge in [-0.15, -0.1) is 0 Å². The molecule has 6 fully saturated rings. The van der Waals surface area contributed by atoms with Crippen molar-refractivity contribution in [1.29, 1.82) is 0 Å². The Morgan fingerprint density at radius 2 is 0.904 bits per heavy atom. The van der Waals surface area contributed by atoms with Crippen molar-refractivity contribution in [2.75, 3.05) is 75.1 Å². The molecule has 672 valence electrons. The number of hydrogen-bond acceptors (Lipinski definition) is 31. The maximum Gasteiger partial charge on any atom is 0.330 e. The van der Waals surface area contributed by atoms with E-state index < -0.39 is 198 Å². The highest BCUT2D eigenvalue weighted by Gasteiger charge is 2.57. The van der Waals surface area contributed by atoms with E-state index in [4.69, 9.17) is 66.3 Å². The first kappa shape index (κ1) is 102. The number of carbonyl (C=O) groups excluding carboxylic acids is 4. The quantitative estimate of drug-likeness (QED) is 0.0381. The van der Waals surface area contributed by atoms with E-state index in [1.54, 1.807) is 104 Å². The van der Waals surface area contributed by atoms with E-state index in [1.807, 2.05) is 79.3 Å². The summed E-state index contributed by atoms with van der Waals surface area (Å²) in [5.41, 5.74) is -8.96. The van der Waals surface area contributed by atoms with Crippen LogP contribution in [0, 0.1) is 35.5 Å². The summed E-state index contributed by atoms with van der Waals surface area (Å²) < 4.78 is 87.9. The Balaban J connectivity index is 0.000000412. The zero-order chi connectivity index (χ0) is 87.3. The van der Waals surface area contributed by atoms with Gasteiger partial charge in [0, 0.05) is 88.8 Å². The predicted octanol–water partition coefficient (Wildman–Crippen LogP) is 5.14. The van der Waals surface area contributed by atoms with Crippen LogP contribution >= 0.6 is 0 Å². The highest BCUT2D eigenvalue weighted by Crippen LogP contribution is 2.44. The number of ether oxygens (including phenoxy) is 14. The van der Waals surface area contributed by atoms with E-state index in [1.165, 1.54) is 21.0 Å². The molecule has 115 heavy (non-hydrogen) atoms. The molecule has 6 aliphatic rings. The van der Waals surface area contributed by atoms with E-state index in [9.17, 15) is 60.0 Å². The smallest absolute Gasteiger partial charge is 0.330 e. The second-order valence-electron chi connectivity index (χ2n) is 35.9. The fraction of sp³-hybridized carbons (Fsp3) is 0.929. The Kier molecular flexibility index (Phi) is 38.8. The van der Waals surface area contributed by atoms with Crippen molar-refractivity contribution in [2.24, 2.45) is 35.5 Å². The third kappa shape index (κ3) is 25.7. The number of likely N-dealkylation sites (N-methyl/N-ethyl adjacent to an activating group) is 4. The summed E-state index contributed by atoms with van der Waals surface area (Å²) in [6, 6.07) is -1.80. The van der Waals surface area contributed by atoms with Gasteiger partial charge in [-0.25, -0.2) is 4.79 Å². The molecule has 6 aliphatic heterocycles. The normalized spacial score (nSPS) is 45.8. The number of carbonyl (C=O) groups is 4.